The Kier molecular flexibility index (Phi) is 7.57. The number of ether oxygens (including phenoxy) is 4. The lowest BCUT2D eigenvalue weighted by molar-refractivity contribution is -0.576. The molecule has 5 aliphatic heterocycles. The summed E-state index contributed by atoms with van der Waals surface area (Å²) in [5.41, 5.74) is -0.713. The number of hydrogen-bond acceptors (Lipinski definition) is 9. The fourth-order valence-electron chi connectivity index (χ4n) is 7.22. The minimum atomic E-state index is -0.894. The van der Waals surface area contributed by atoms with Crippen molar-refractivity contribution in [2.75, 3.05) is 19.7 Å². The van der Waals surface area contributed by atoms with Gasteiger partial charge in [0.1, 0.15) is 0 Å². The Morgan fingerprint density at radius 1 is 1.03 bits per heavy atom. The van der Waals surface area contributed by atoms with Crippen LogP contribution >= 0.6 is 0 Å². The minimum Gasteiger partial charge on any atom is -0.466 e. The summed E-state index contributed by atoms with van der Waals surface area (Å²) in [4.78, 5) is 51.3. The van der Waals surface area contributed by atoms with Crippen molar-refractivity contribution >= 4 is 17.8 Å². The molecule has 2 bridgehead atoms. The molecule has 1 amide bonds. The lowest BCUT2D eigenvalue weighted by Gasteiger charge is -2.59. The van der Waals surface area contributed by atoms with Crippen molar-refractivity contribution in [1.29, 1.82) is 0 Å². The monoisotopic (exact) mass is 523 g/mol. The fraction of sp³-hybridized carbons (Fsp3) is 0.889. The lowest BCUT2D eigenvalue weighted by Crippen LogP contribution is -2.70. The summed E-state index contributed by atoms with van der Waals surface area (Å²) in [6.45, 7) is 9.14. The van der Waals surface area contributed by atoms with Crippen LogP contribution in [0.2, 0.25) is 0 Å². The van der Waals surface area contributed by atoms with Crippen molar-refractivity contribution in [1.82, 2.24) is 4.90 Å². The lowest BCUT2D eigenvalue weighted by atomic mass is 9.58. The second-order valence-electron chi connectivity index (χ2n) is 11.7. The number of rotatable bonds is 6. The summed E-state index contributed by atoms with van der Waals surface area (Å²) in [6.07, 6.45) is 3.57. The molecule has 6 fully saturated rings. The molecule has 5 saturated heterocycles. The maximum Gasteiger partial charge on any atom is 0.310 e. The number of likely N-dealkylation sites (tertiary alicyclic amines) is 1. The van der Waals surface area contributed by atoms with E-state index in [1.807, 2.05) is 13.8 Å². The van der Waals surface area contributed by atoms with E-state index in [0.29, 0.717) is 38.5 Å². The molecule has 1 saturated carbocycles. The van der Waals surface area contributed by atoms with E-state index in [1.54, 1.807) is 11.8 Å². The molecule has 37 heavy (non-hydrogen) atoms. The average Bonchev–Trinajstić information content (AvgIpc) is 3.11. The molecular weight excluding hydrogens is 482 g/mol. The molecule has 6 aliphatic rings. The van der Waals surface area contributed by atoms with E-state index >= 15 is 0 Å². The predicted molar refractivity (Wildman–Crippen MR) is 128 cm³/mol. The van der Waals surface area contributed by atoms with E-state index in [9.17, 15) is 14.4 Å². The first kappa shape index (κ1) is 26.8. The molecule has 9 unspecified atom stereocenters. The third-order valence-electron chi connectivity index (χ3n) is 9.28. The Balaban J connectivity index is 1.19. The van der Waals surface area contributed by atoms with Crippen LogP contribution in [-0.2, 0) is 43.1 Å². The SMILES string of the molecule is CCOC(=O)C1CCCN(C(=O)CCC(=O)OC2OC3OC4(C)CCC5C(C)CCC(C2C)C35OO4)C1. The van der Waals surface area contributed by atoms with Gasteiger partial charge in [-0.1, -0.05) is 13.8 Å². The zero-order chi connectivity index (χ0) is 26.4. The normalized spacial score (nSPS) is 42.9. The van der Waals surface area contributed by atoms with E-state index in [4.69, 9.17) is 28.7 Å². The van der Waals surface area contributed by atoms with Crippen LogP contribution in [0.5, 0.6) is 0 Å². The molecule has 6 rings (SSSR count). The van der Waals surface area contributed by atoms with Gasteiger partial charge in [0.05, 0.1) is 18.9 Å². The van der Waals surface area contributed by atoms with Gasteiger partial charge in [0.25, 0.3) is 0 Å². The Bertz CT molecular complexity index is 897. The molecule has 10 nitrogen and oxygen atoms in total. The number of esters is 2. The minimum absolute atomic E-state index is 0.0252. The molecular formula is C27H41NO9. The molecule has 208 valence electrons. The number of piperidine rings is 1. The molecule has 5 heterocycles. The molecule has 1 spiro atoms. The quantitative estimate of drug-likeness (QED) is 0.382. The number of carbonyl (C=O) groups is 3. The third kappa shape index (κ3) is 4.90. The van der Waals surface area contributed by atoms with Gasteiger partial charge in [-0.25, -0.2) is 9.78 Å². The summed E-state index contributed by atoms with van der Waals surface area (Å²) >= 11 is 0. The number of nitrogens with zero attached hydrogens (tertiary/aromatic N) is 1. The Labute approximate surface area is 218 Å². The van der Waals surface area contributed by atoms with Gasteiger partial charge in [-0.3, -0.25) is 14.4 Å². The summed E-state index contributed by atoms with van der Waals surface area (Å²) < 4.78 is 23.5. The average molecular weight is 524 g/mol. The van der Waals surface area contributed by atoms with E-state index in [2.05, 4.69) is 6.92 Å². The molecule has 1 aliphatic carbocycles. The molecule has 0 aromatic rings. The van der Waals surface area contributed by atoms with Crippen molar-refractivity contribution in [3.63, 3.8) is 0 Å². The number of amides is 1. The van der Waals surface area contributed by atoms with Gasteiger partial charge in [-0.05, 0) is 57.8 Å². The van der Waals surface area contributed by atoms with Crippen LogP contribution in [0, 0.1) is 29.6 Å². The first-order chi connectivity index (χ1) is 17.7. The highest BCUT2D eigenvalue weighted by Crippen LogP contribution is 2.60. The molecule has 0 radical (unpaired) electrons. The van der Waals surface area contributed by atoms with Gasteiger partial charge >= 0.3 is 11.9 Å². The highest BCUT2D eigenvalue weighted by Gasteiger charge is 2.69. The zero-order valence-electron chi connectivity index (χ0n) is 22.4. The molecule has 10 heteroatoms. The van der Waals surface area contributed by atoms with Crippen molar-refractivity contribution < 1.29 is 43.1 Å². The summed E-state index contributed by atoms with van der Waals surface area (Å²) in [5.74, 6) is -1.48. The molecule has 0 N–H and O–H groups in total. The molecule has 0 aromatic carbocycles. The van der Waals surface area contributed by atoms with Crippen molar-refractivity contribution in [3.05, 3.63) is 0 Å². The zero-order valence-corrected chi connectivity index (χ0v) is 22.4. The van der Waals surface area contributed by atoms with Gasteiger partial charge < -0.3 is 23.8 Å². The van der Waals surface area contributed by atoms with E-state index in [1.165, 1.54) is 0 Å². The largest absolute Gasteiger partial charge is 0.466 e. The van der Waals surface area contributed by atoms with Crippen molar-refractivity contribution in [2.45, 2.75) is 103 Å². The third-order valence-corrected chi connectivity index (χ3v) is 9.28. The Hall–Kier alpha value is -1.75. The predicted octanol–water partition coefficient (Wildman–Crippen LogP) is 3.32. The summed E-state index contributed by atoms with van der Waals surface area (Å²) in [6, 6.07) is 0. The van der Waals surface area contributed by atoms with Gasteiger partial charge in [-0.2, -0.15) is 0 Å². The van der Waals surface area contributed by atoms with Crippen LogP contribution in [0.1, 0.15) is 79.1 Å². The fourth-order valence-corrected chi connectivity index (χ4v) is 7.22. The number of carbonyl (C=O) groups excluding carboxylic acids is 3. The smallest absolute Gasteiger partial charge is 0.310 e. The van der Waals surface area contributed by atoms with Crippen molar-refractivity contribution in [2.24, 2.45) is 29.6 Å². The first-order valence-corrected chi connectivity index (χ1v) is 14.0. The first-order valence-electron chi connectivity index (χ1n) is 14.0. The van der Waals surface area contributed by atoms with Crippen LogP contribution in [0.25, 0.3) is 0 Å². The van der Waals surface area contributed by atoms with Crippen LogP contribution in [-0.4, -0.2) is 66.4 Å². The van der Waals surface area contributed by atoms with Gasteiger partial charge in [-0.15, -0.1) is 0 Å². The maximum atomic E-state index is 12.8. The molecule has 9 atom stereocenters. The van der Waals surface area contributed by atoms with E-state index < -0.39 is 29.9 Å². The highest BCUT2D eigenvalue weighted by molar-refractivity contribution is 5.82. The Morgan fingerprint density at radius 2 is 1.84 bits per heavy atom. The number of hydrogen-bond donors (Lipinski definition) is 0. The van der Waals surface area contributed by atoms with Crippen LogP contribution in [0.4, 0.5) is 0 Å². The van der Waals surface area contributed by atoms with Crippen LogP contribution in [0.15, 0.2) is 0 Å². The second-order valence-corrected chi connectivity index (χ2v) is 11.7. The van der Waals surface area contributed by atoms with E-state index in [0.717, 1.165) is 25.7 Å². The van der Waals surface area contributed by atoms with Crippen molar-refractivity contribution in [3.8, 4) is 0 Å². The van der Waals surface area contributed by atoms with Gasteiger partial charge in [0.2, 0.25) is 18.0 Å². The van der Waals surface area contributed by atoms with Gasteiger partial charge in [0.15, 0.2) is 11.9 Å². The maximum absolute atomic E-state index is 12.8. The van der Waals surface area contributed by atoms with Crippen LogP contribution in [0.3, 0.4) is 0 Å². The summed E-state index contributed by atoms with van der Waals surface area (Å²) in [5, 5.41) is 0. The standard InChI is InChI=1S/C27H41NO9/c1-5-32-23(31)18-7-6-14-28(15-18)21(29)10-11-22(30)33-24-17(3)20-9-8-16(2)19-12-13-26(4)35-25(34-24)27(19,20)37-36-26/h16-20,24-25H,5-15H2,1-4H3. The number of fused-ring (bicyclic) bond motifs is 2. The summed E-state index contributed by atoms with van der Waals surface area (Å²) in [7, 11) is 0. The topological polar surface area (TPSA) is 110 Å². The highest BCUT2D eigenvalue weighted by atomic mass is 17.3. The second kappa shape index (κ2) is 10.4. The van der Waals surface area contributed by atoms with E-state index in [-0.39, 0.29) is 48.4 Å². The van der Waals surface area contributed by atoms with Crippen LogP contribution < -0.4 is 0 Å². The Morgan fingerprint density at radius 3 is 2.62 bits per heavy atom. The van der Waals surface area contributed by atoms with Gasteiger partial charge in [0, 0.05) is 37.8 Å². The molecule has 0 aromatic heterocycles.